The van der Waals surface area contributed by atoms with E-state index in [0.717, 1.165) is 38.5 Å². The molecule has 0 spiro atoms. The molecule has 0 aromatic rings. The molecule has 0 aromatic carbocycles. The van der Waals surface area contributed by atoms with Crippen LogP contribution >= 0.6 is 0 Å². The number of unbranched alkanes of at least 4 members (excludes halogenated alkanes) is 50. The highest BCUT2D eigenvalue weighted by Gasteiger charge is 2.18. The third kappa shape index (κ3) is 59.6. The summed E-state index contributed by atoms with van der Waals surface area (Å²) in [6, 6.07) is -0.624. The van der Waals surface area contributed by atoms with Crippen LogP contribution in [0.15, 0.2) is 24.3 Å². The van der Waals surface area contributed by atoms with E-state index in [0.29, 0.717) is 19.4 Å². The highest BCUT2D eigenvalue weighted by molar-refractivity contribution is 5.76. The normalized spacial score (nSPS) is 12.6. The average Bonchev–Trinajstić information content (AvgIpc) is 3.40. The molecule has 0 aliphatic carbocycles. The summed E-state index contributed by atoms with van der Waals surface area (Å²) in [5, 5.41) is 23.1. The Bertz CT molecular complexity index is 1150. The van der Waals surface area contributed by atoms with Crippen molar-refractivity contribution in [3.63, 3.8) is 0 Å². The van der Waals surface area contributed by atoms with Gasteiger partial charge < -0.3 is 20.3 Å². The lowest BCUT2D eigenvalue weighted by molar-refractivity contribution is -0.143. The smallest absolute Gasteiger partial charge is 0.305 e. The molecule has 0 aliphatic rings. The van der Waals surface area contributed by atoms with Gasteiger partial charge in [-0.15, -0.1) is 0 Å². The molecular formula is C68H131NO5. The highest BCUT2D eigenvalue weighted by atomic mass is 16.5. The van der Waals surface area contributed by atoms with E-state index in [1.807, 2.05) is 6.08 Å². The third-order valence-corrected chi connectivity index (χ3v) is 15.7. The maximum absolute atomic E-state index is 12.5. The van der Waals surface area contributed by atoms with Gasteiger partial charge in [-0.2, -0.15) is 0 Å². The zero-order valence-corrected chi connectivity index (χ0v) is 50.1. The molecule has 6 nitrogen and oxygen atoms in total. The van der Waals surface area contributed by atoms with Crippen molar-refractivity contribution in [3.05, 3.63) is 24.3 Å². The molecule has 0 heterocycles. The van der Waals surface area contributed by atoms with Crippen molar-refractivity contribution in [2.75, 3.05) is 13.2 Å². The molecule has 1 amide bonds. The molecule has 2 atom stereocenters. The number of amides is 1. The number of carbonyl (C=O) groups is 2. The number of aliphatic hydroxyl groups excluding tert-OH is 2. The quantitative estimate of drug-likeness (QED) is 0.0320. The van der Waals surface area contributed by atoms with E-state index in [4.69, 9.17) is 4.74 Å². The highest BCUT2D eigenvalue weighted by Crippen LogP contribution is 2.18. The van der Waals surface area contributed by atoms with Crippen LogP contribution in [0.5, 0.6) is 0 Å². The van der Waals surface area contributed by atoms with Gasteiger partial charge in [0, 0.05) is 12.8 Å². The molecule has 0 saturated heterocycles. The molecule has 0 bridgehead atoms. The number of rotatable bonds is 63. The molecule has 0 aliphatic heterocycles. The number of hydrogen-bond acceptors (Lipinski definition) is 5. The van der Waals surface area contributed by atoms with Gasteiger partial charge in [-0.3, -0.25) is 9.59 Å². The van der Waals surface area contributed by atoms with E-state index >= 15 is 0 Å². The molecule has 0 saturated carbocycles. The predicted molar refractivity (Wildman–Crippen MR) is 324 cm³/mol. The fraction of sp³-hybridized carbons (Fsp3) is 0.912. The van der Waals surface area contributed by atoms with Crippen LogP contribution < -0.4 is 5.32 Å². The summed E-state index contributed by atoms with van der Waals surface area (Å²) in [4.78, 5) is 24.5. The van der Waals surface area contributed by atoms with Crippen LogP contribution in [0.2, 0.25) is 0 Å². The first-order chi connectivity index (χ1) is 36.5. The number of hydrogen-bond donors (Lipinski definition) is 3. The first-order valence-corrected chi connectivity index (χ1v) is 33.6. The molecule has 0 radical (unpaired) electrons. The number of carbonyl (C=O) groups excluding carboxylic acids is 2. The monoisotopic (exact) mass is 1040 g/mol. The van der Waals surface area contributed by atoms with Crippen molar-refractivity contribution in [2.24, 2.45) is 0 Å². The molecule has 6 heteroatoms. The number of esters is 1. The number of nitrogens with one attached hydrogen (secondary N) is 1. The Morgan fingerprint density at radius 2 is 0.635 bits per heavy atom. The molecule has 0 aromatic heterocycles. The second-order valence-corrected chi connectivity index (χ2v) is 23.2. The summed E-state index contributed by atoms with van der Waals surface area (Å²) in [6.45, 7) is 4.92. The zero-order valence-electron chi connectivity index (χ0n) is 50.1. The summed E-state index contributed by atoms with van der Waals surface area (Å²) in [6.07, 6.45) is 79.7. The van der Waals surface area contributed by atoms with Gasteiger partial charge in [0.05, 0.1) is 25.4 Å². The van der Waals surface area contributed by atoms with Crippen molar-refractivity contribution in [2.45, 2.75) is 386 Å². The SMILES string of the molecule is CCCCCCCCCCCCC/C=C/C(O)C(CO)NC(=O)CCCCCCCCCCCCCCCCCC/C=C\CCCCCCCCCCCCCCOC(=O)CCCCCCCCCCCCCC. The van der Waals surface area contributed by atoms with E-state index in [1.165, 1.54) is 308 Å². The van der Waals surface area contributed by atoms with E-state index < -0.39 is 12.1 Å². The van der Waals surface area contributed by atoms with Gasteiger partial charge in [0.1, 0.15) is 0 Å². The van der Waals surface area contributed by atoms with Gasteiger partial charge in [-0.25, -0.2) is 0 Å². The van der Waals surface area contributed by atoms with Crippen LogP contribution in [0.25, 0.3) is 0 Å². The first-order valence-electron chi connectivity index (χ1n) is 33.6. The Morgan fingerprint density at radius 1 is 0.365 bits per heavy atom. The Balaban J connectivity index is 3.35. The Labute approximate surface area is 462 Å². The van der Waals surface area contributed by atoms with E-state index in [1.54, 1.807) is 6.08 Å². The van der Waals surface area contributed by atoms with Gasteiger partial charge in [0.25, 0.3) is 0 Å². The standard InChI is InChI=1S/C68H131NO5/c1-3-5-7-9-11-13-15-37-40-44-48-52-56-60-66(71)65(64-70)69-67(72)61-57-53-49-45-41-38-35-33-31-29-27-25-23-21-19-17-18-20-22-24-26-28-30-32-34-36-39-43-47-51-55-59-63-74-68(73)62-58-54-50-46-42-16-14-12-10-8-6-4-2/h20,22,56,60,65-66,70-71H,3-19,21,23-55,57-59,61-64H2,1-2H3,(H,69,72)/b22-20-,60-56+. The Morgan fingerprint density at radius 3 is 0.959 bits per heavy atom. The van der Waals surface area contributed by atoms with Gasteiger partial charge in [0.15, 0.2) is 0 Å². The van der Waals surface area contributed by atoms with Crippen LogP contribution in [0.1, 0.15) is 373 Å². The molecule has 74 heavy (non-hydrogen) atoms. The minimum atomic E-state index is -0.841. The summed E-state index contributed by atoms with van der Waals surface area (Å²) in [5.41, 5.74) is 0. The summed E-state index contributed by atoms with van der Waals surface area (Å²) >= 11 is 0. The summed E-state index contributed by atoms with van der Waals surface area (Å²) < 4.78 is 5.48. The maximum atomic E-state index is 12.5. The lowest BCUT2D eigenvalue weighted by atomic mass is 10.0. The second kappa shape index (κ2) is 63.9. The second-order valence-electron chi connectivity index (χ2n) is 23.2. The Hall–Kier alpha value is -1.66. The van der Waals surface area contributed by atoms with Crippen molar-refractivity contribution in [1.29, 1.82) is 0 Å². The molecule has 0 rings (SSSR count). The average molecular weight is 1040 g/mol. The van der Waals surface area contributed by atoms with Crippen molar-refractivity contribution >= 4 is 11.9 Å². The summed E-state index contributed by atoms with van der Waals surface area (Å²) in [5.74, 6) is -0.0450. The van der Waals surface area contributed by atoms with Crippen molar-refractivity contribution < 1.29 is 24.5 Å². The van der Waals surface area contributed by atoms with Crippen LogP contribution in [0.3, 0.4) is 0 Å². The first kappa shape index (κ1) is 72.3. The number of allylic oxidation sites excluding steroid dienone is 3. The lowest BCUT2D eigenvalue weighted by Gasteiger charge is -2.20. The van der Waals surface area contributed by atoms with Crippen molar-refractivity contribution in [3.8, 4) is 0 Å². The van der Waals surface area contributed by atoms with Gasteiger partial charge in [0.2, 0.25) is 5.91 Å². The van der Waals surface area contributed by atoms with Crippen molar-refractivity contribution in [1.82, 2.24) is 5.32 Å². The Kier molecular flexibility index (Phi) is 62.4. The molecule has 2 unspecified atom stereocenters. The van der Waals surface area contributed by atoms with Crippen LogP contribution in [0, 0.1) is 0 Å². The maximum Gasteiger partial charge on any atom is 0.305 e. The number of aliphatic hydroxyl groups is 2. The van der Waals surface area contributed by atoms with Gasteiger partial charge in [-0.1, -0.05) is 327 Å². The van der Waals surface area contributed by atoms with Crippen LogP contribution in [-0.2, 0) is 14.3 Å². The van der Waals surface area contributed by atoms with Crippen LogP contribution in [-0.4, -0.2) is 47.4 Å². The number of ether oxygens (including phenoxy) is 1. The van der Waals surface area contributed by atoms with E-state index in [2.05, 4.69) is 31.3 Å². The van der Waals surface area contributed by atoms with E-state index in [-0.39, 0.29) is 18.5 Å². The van der Waals surface area contributed by atoms with Gasteiger partial charge >= 0.3 is 5.97 Å². The van der Waals surface area contributed by atoms with Gasteiger partial charge in [-0.05, 0) is 57.8 Å². The minimum Gasteiger partial charge on any atom is -0.466 e. The molecular weight excluding hydrogens is 911 g/mol. The minimum absolute atomic E-state index is 0.0190. The topological polar surface area (TPSA) is 95.9 Å². The fourth-order valence-electron chi connectivity index (χ4n) is 10.6. The van der Waals surface area contributed by atoms with Crippen LogP contribution in [0.4, 0.5) is 0 Å². The summed E-state index contributed by atoms with van der Waals surface area (Å²) in [7, 11) is 0. The zero-order chi connectivity index (χ0) is 53.6. The predicted octanol–water partition coefficient (Wildman–Crippen LogP) is 21.4. The largest absolute Gasteiger partial charge is 0.466 e. The molecule has 3 N–H and O–H groups in total. The third-order valence-electron chi connectivity index (χ3n) is 15.7. The lowest BCUT2D eigenvalue weighted by Crippen LogP contribution is -2.45. The molecule has 0 fully saturated rings. The van der Waals surface area contributed by atoms with E-state index in [9.17, 15) is 19.8 Å². The molecule has 438 valence electrons. The fourth-order valence-corrected chi connectivity index (χ4v) is 10.6.